The molecule has 0 atom stereocenters. The molecule has 108 valence electrons. The van der Waals surface area contributed by atoms with E-state index in [1.54, 1.807) is 12.1 Å². The van der Waals surface area contributed by atoms with Gasteiger partial charge >= 0.3 is 0 Å². The fourth-order valence-corrected chi connectivity index (χ4v) is 1.67. The third-order valence-corrected chi connectivity index (χ3v) is 2.71. The number of rotatable bonds is 5. The van der Waals surface area contributed by atoms with Crippen molar-refractivity contribution in [1.29, 1.82) is 0 Å². The van der Waals surface area contributed by atoms with E-state index in [1.165, 1.54) is 37.6 Å². The summed E-state index contributed by atoms with van der Waals surface area (Å²) in [6, 6.07) is 8.62. The highest BCUT2D eigenvalue weighted by Gasteiger charge is 2.08. The van der Waals surface area contributed by atoms with Crippen LogP contribution in [0.5, 0.6) is 5.88 Å². The average Bonchev–Trinajstić information content (AvgIpc) is 2.48. The maximum absolute atomic E-state index is 12.8. The van der Waals surface area contributed by atoms with E-state index in [-0.39, 0.29) is 18.0 Å². The molecule has 0 unspecified atom stereocenters. The average molecular weight is 287 g/mol. The third-order valence-electron chi connectivity index (χ3n) is 2.71. The van der Waals surface area contributed by atoms with E-state index in [4.69, 9.17) is 10.5 Å². The Hall–Kier alpha value is -2.76. The first-order valence-electron chi connectivity index (χ1n) is 6.20. The van der Waals surface area contributed by atoms with E-state index >= 15 is 0 Å². The smallest absolute Gasteiger partial charge is 0.213 e. The van der Waals surface area contributed by atoms with Crippen LogP contribution in [0.1, 0.15) is 16.8 Å². The van der Waals surface area contributed by atoms with Crippen LogP contribution in [0.2, 0.25) is 0 Å². The summed E-state index contributed by atoms with van der Waals surface area (Å²) < 4.78 is 17.7. The summed E-state index contributed by atoms with van der Waals surface area (Å²) in [7, 11) is 1.51. The van der Waals surface area contributed by atoms with Gasteiger partial charge in [-0.05, 0) is 30.3 Å². The fraction of sp³-hybridized carbons (Fsp3) is 0.133. The molecule has 0 bridgehead atoms. The van der Waals surface area contributed by atoms with Gasteiger partial charge in [-0.2, -0.15) is 0 Å². The highest BCUT2D eigenvalue weighted by Crippen LogP contribution is 2.14. The number of aliphatic imine (C=N–C) groups is 1. The molecule has 0 fully saturated rings. The number of hydrogen-bond donors (Lipinski definition) is 1. The second-order valence-corrected chi connectivity index (χ2v) is 4.27. The van der Waals surface area contributed by atoms with Crippen LogP contribution in [0.15, 0.2) is 47.6 Å². The van der Waals surface area contributed by atoms with Gasteiger partial charge in [-0.3, -0.25) is 4.79 Å². The van der Waals surface area contributed by atoms with Gasteiger partial charge in [-0.15, -0.1) is 0 Å². The van der Waals surface area contributed by atoms with E-state index in [9.17, 15) is 9.18 Å². The molecular weight excluding hydrogens is 273 g/mol. The minimum absolute atomic E-state index is 0.0440. The van der Waals surface area contributed by atoms with E-state index in [1.807, 2.05) is 0 Å². The molecule has 2 aromatic rings. The maximum Gasteiger partial charge on any atom is 0.213 e. The number of Topliss-reactive ketones (excluding diaryl/α,β-unsaturated/α-hetero) is 1. The molecule has 0 aliphatic heterocycles. The Kier molecular flexibility index (Phi) is 4.61. The molecule has 0 spiro atoms. The van der Waals surface area contributed by atoms with Gasteiger partial charge in [0, 0.05) is 11.6 Å². The van der Waals surface area contributed by atoms with E-state index in [2.05, 4.69) is 9.98 Å². The predicted molar refractivity (Wildman–Crippen MR) is 77.4 cm³/mol. The van der Waals surface area contributed by atoms with Crippen LogP contribution in [0.4, 0.5) is 10.1 Å². The van der Waals surface area contributed by atoms with Crippen molar-refractivity contribution in [3.8, 4) is 5.88 Å². The van der Waals surface area contributed by atoms with Crippen molar-refractivity contribution in [2.45, 2.75) is 6.42 Å². The number of aromatic nitrogens is 1. The molecule has 0 radical (unpaired) electrons. The molecular formula is C15H14FN3O2. The normalized spacial score (nSPS) is 11.2. The Labute approximate surface area is 121 Å². The number of nitrogens with zero attached hydrogens (tertiary/aromatic N) is 2. The Morgan fingerprint density at radius 1 is 1.29 bits per heavy atom. The van der Waals surface area contributed by atoms with Gasteiger partial charge in [0.25, 0.3) is 0 Å². The number of carbonyl (C=O) groups is 1. The zero-order valence-electron chi connectivity index (χ0n) is 11.4. The molecule has 0 amide bonds. The SMILES string of the molecule is COc1ccc(N=C(N)CC(=O)c2ccc(F)cc2)cn1. The molecule has 5 nitrogen and oxygen atoms in total. The Bertz CT molecular complexity index is 652. The number of benzene rings is 1. The summed E-state index contributed by atoms with van der Waals surface area (Å²) in [4.78, 5) is 20.0. The van der Waals surface area contributed by atoms with Crippen LogP contribution in [0.25, 0.3) is 0 Å². The molecule has 1 heterocycles. The molecule has 0 aliphatic rings. The largest absolute Gasteiger partial charge is 0.481 e. The zero-order chi connectivity index (χ0) is 15.2. The third kappa shape index (κ3) is 4.10. The zero-order valence-corrected chi connectivity index (χ0v) is 11.4. The maximum atomic E-state index is 12.8. The van der Waals surface area contributed by atoms with Crippen molar-refractivity contribution >= 4 is 17.3 Å². The minimum Gasteiger partial charge on any atom is -0.481 e. The Morgan fingerprint density at radius 3 is 2.57 bits per heavy atom. The van der Waals surface area contributed by atoms with Gasteiger partial charge in [0.05, 0.1) is 25.4 Å². The second-order valence-electron chi connectivity index (χ2n) is 4.27. The molecule has 2 N–H and O–H groups in total. The number of methoxy groups -OCH3 is 1. The van der Waals surface area contributed by atoms with Gasteiger partial charge in [0.15, 0.2) is 5.78 Å². The molecule has 21 heavy (non-hydrogen) atoms. The Balaban J connectivity index is 2.05. The molecule has 0 saturated carbocycles. The summed E-state index contributed by atoms with van der Waals surface area (Å²) in [5, 5.41) is 0. The number of pyridine rings is 1. The Morgan fingerprint density at radius 2 is 2.00 bits per heavy atom. The first-order chi connectivity index (χ1) is 10.1. The summed E-state index contributed by atoms with van der Waals surface area (Å²) in [5.41, 5.74) is 6.66. The quantitative estimate of drug-likeness (QED) is 0.520. The minimum atomic E-state index is -0.391. The van der Waals surface area contributed by atoms with Crippen molar-refractivity contribution in [3.05, 3.63) is 54.0 Å². The van der Waals surface area contributed by atoms with Gasteiger partial charge in [-0.25, -0.2) is 14.4 Å². The summed E-state index contributed by atoms with van der Waals surface area (Å²) >= 11 is 0. The summed E-state index contributed by atoms with van der Waals surface area (Å²) in [5.74, 6) is 0.0152. The lowest BCUT2D eigenvalue weighted by molar-refractivity contribution is 0.100. The van der Waals surface area contributed by atoms with Crippen molar-refractivity contribution in [1.82, 2.24) is 4.98 Å². The number of amidine groups is 1. The van der Waals surface area contributed by atoms with Gasteiger partial charge in [0.2, 0.25) is 5.88 Å². The number of ketones is 1. The van der Waals surface area contributed by atoms with Crippen LogP contribution in [0.3, 0.4) is 0 Å². The number of hydrogen-bond acceptors (Lipinski definition) is 4. The molecule has 1 aromatic heterocycles. The standard InChI is InChI=1S/C15H14FN3O2/c1-21-15-7-6-12(9-18-15)19-14(17)8-13(20)10-2-4-11(16)5-3-10/h2-7,9H,8H2,1H3,(H2,17,19). The van der Waals surface area contributed by atoms with Crippen molar-refractivity contribution < 1.29 is 13.9 Å². The van der Waals surface area contributed by atoms with Crippen molar-refractivity contribution in [2.24, 2.45) is 10.7 Å². The van der Waals surface area contributed by atoms with Gasteiger partial charge in [-0.1, -0.05) is 0 Å². The number of halogens is 1. The van der Waals surface area contributed by atoms with Crippen molar-refractivity contribution in [2.75, 3.05) is 7.11 Å². The topological polar surface area (TPSA) is 77.6 Å². The fourth-order valence-electron chi connectivity index (χ4n) is 1.67. The highest BCUT2D eigenvalue weighted by molar-refractivity contribution is 6.09. The predicted octanol–water partition coefficient (Wildman–Crippen LogP) is 2.49. The van der Waals surface area contributed by atoms with Crippen LogP contribution in [-0.2, 0) is 0 Å². The van der Waals surface area contributed by atoms with E-state index in [0.29, 0.717) is 17.1 Å². The lowest BCUT2D eigenvalue weighted by Crippen LogP contribution is -2.16. The summed E-state index contributed by atoms with van der Waals surface area (Å²) in [6.07, 6.45) is 1.45. The summed E-state index contributed by atoms with van der Waals surface area (Å²) in [6.45, 7) is 0. The van der Waals surface area contributed by atoms with E-state index in [0.717, 1.165) is 0 Å². The number of carbonyl (C=O) groups excluding carboxylic acids is 1. The second kappa shape index (κ2) is 6.60. The first-order valence-corrected chi connectivity index (χ1v) is 6.20. The molecule has 0 saturated heterocycles. The lowest BCUT2D eigenvalue weighted by atomic mass is 10.1. The molecule has 0 aliphatic carbocycles. The van der Waals surface area contributed by atoms with Crippen LogP contribution in [-0.4, -0.2) is 23.7 Å². The van der Waals surface area contributed by atoms with E-state index < -0.39 is 5.82 Å². The first kappa shape index (κ1) is 14.6. The number of ether oxygens (including phenoxy) is 1. The van der Waals surface area contributed by atoms with Crippen LogP contribution in [0, 0.1) is 5.82 Å². The molecule has 6 heteroatoms. The monoisotopic (exact) mass is 287 g/mol. The van der Waals surface area contributed by atoms with Gasteiger partial charge in [0.1, 0.15) is 11.7 Å². The van der Waals surface area contributed by atoms with Crippen LogP contribution < -0.4 is 10.5 Å². The van der Waals surface area contributed by atoms with Gasteiger partial charge < -0.3 is 10.5 Å². The molecule has 1 aromatic carbocycles. The highest BCUT2D eigenvalue weighted by atomic mass is 19.1. The van der Waals surface area contributed by atoms with Crippen LogP contribution >= 0.6 is 0 Å². The number of nitrogens with two attached hydrogens (primary N) is 1. The van der Waals surface area contributed by atoms with Crippen molar-refractivity contribution in [3.63, 3.8) is 0 Å². The molecule has 2 rings (SSSR count). The lowest BCUT2D eigenvalue weighted by Gasteiger charge is -2.02.